The summed E-state index contributed by atoms with van der Waals surface area (Å²) < 4.78 is 1.76. The average molecular weight is 231 g/mol. The van der Waals surface area contributed by atoms with E-state index < -0.39 is 5.97 Å². The molecule has 0 saturated heterocycles. The van der Waals surface area contributed by atoms with Gasteiger partial charge in [0.2, 0.25) is 0 Å². The predicted molar refractivity (Wildman–Crippen MR) is 62.0 cm³/mol. The Labute approximate surface area is 98.1 Å². The molecule has 3 rings (SSSR count). The highest BCUT2D eigenvalue weighted by Crippen LogP contribution is 2.19. The maximum Gasteiger partial charge on any atom is 0.339 e. The van der Waals surface area contributed by atoms with E-state index in [1.54, 1.807) is 16.5 Å². The smallest absolute Gasteiger partial charge is 0.339 e. The maximum absolute atomic E-state index is 11.0. The van der Waals surface area contributed by atoms with Gasteiger partial charge in [0.05, 0.1) is 5.69 Å². The highest BCUT2D eigenvalue weighted by Gasteiger charge is 2.20. The zero-order valence-electron chi connectivity index (χ0n) is 9.26. The van der Waals surface area contributed by atoms with Crippen molar-refractivity contribution in [2.45, 2.75) is 25.4 Å². The lowest BCUT2D eigenvalue weighted by Crippen LogP contribution is -2.15. The molecule has 0 spiro atoms. The summed E-state index contributed by atoms with van der Waals surface area (Å²) in [6.45, 7) is 0.700. The first-order chi connectivity index (χ1) is 8.24. The molecule has 2 aromatic rings. The van der Waals surface area contributed by atoms with Gasteiger partial charge in [-0.3, -0.25) is 0 Å². The molecule has 1 aliphatic rings. The van der Waals surface area contributed by atoms with Crippen molar-refractivity contribution in [2.24, 2.45) is 0 Å². The summed E-state index contributed by atoms with van der Waals surface area (Å²) in [7, 11) is 0. The quantitative estimate of drug-likeness (QED) is 0.832. The molecule has 0 radical (unpaired) electrons. The number of aromatic nitrogens is 2. The van der Waals surface area contributed by atoms with Gasteiger partial charge in [-0.2, -0.15) is 0 Å². The van der Waals surface area contributed by atoms with Crippen LogP contribution >= 0.6 is 0 Å². The fourth-order valence-electron chi connectivity index (χ4n) is 1.85. The first-order valence-corrected chi connectivity index (χ1v) is 5.67. The van der Waals surface area contributed by atoms with Gasteiger partial charge in [0.1, 0.15) is 5.56 Å². The van der Waals surface area contributed by atoms with Crippen molar-refractivity contribution in [1.82, 2.24) is 14.7 Å². The number of fused-ring (bicyclic) bond motifs is 1. The molecule has 17 heavy (non-hydrogen) atoms. The van der Waals surface area contributed by atoms with E-state index in [0.717, 1.165) is 5.69 Å². The Hall–Kier alpha value is -1.88. The van der Waals surface area contributed by atoms with Crippen molar-refractivity contribution in [3.05, 3.63) is 35.8 Å². The third-order valence-electron chi connectivity index (χ3n) is 2.91. The number of carboxylic acids is 1. The van der Waals surface area contributed by atoms with Gasteiger partial charge in [-0.25, -0.2) is 9.78 Å². The lowest BCUT2D eigenvalue weighted by atomic mass is 10.3. The van der Waals surface area contributed by atoms with Crippen molar-refractivity contribution >= 4 is 11.6 Å². The van der Waals surface area contributed by atoms with Gasteiger partial charge in [0.25, 0.3) is 0 Å². The molecule has 2 aromatic heterocycles. The number of rotatable bonds is 4. The Balaban J connectivity index is 1.93. The lowest BCUT2D eigenvalue weighted by molar-refractivity contribution is 0.0698. The normalized spacial score (nSPS) is 15.3. The van der Waals surface area contributed by atoms with Crippen LogP contribution in [0.1, 0.15) is 28.9 Å². The Bertz CT molecular complexity index is 572. The van der Waals surface area contributed by atoms with Gasteiger partial charge in [0.15, 0.2) is 5.65 Å². The molecule has 0 bridgehead atoms. The molecule has 0 unspecified atom stereocenters. The van der Waals surface area contributed by atoms with Crippen LogP contribution in [-0.2, 0) is 6.54 Å². The molecule has 0 atom stereocenters. The predicted octanol–water partition coefficient (Wildman–Crippen LogP) is 1.28. The van der Waals surface area contributed by atoms with Crippen molar-refractivity contribution in [2.75, 3.05) is 0 Å². The van der Waals surface area contributed by atoms with E-state index in [0.29, 0.717) is 18.2 Å². The second-order valence-corrected chi connectivity index (χ2v) is 4.35. The zero-order chi connectivity index (χ0) is 11.8. The minimum atomic E-state index is -0.942. The van der Waals surface area contributed by atoms with Crippen LogP contribution in [0.4, 0.5) is 0 Å². The van der Waals surface area contributed by atoms with Crippen LogP contribution in [0.2, 0.25) is 0 Å². The van der Waals surface area contributed by atoms with E-state index >= 15 is 0 Å². The lowest BCUT2D eigenvalue weighted by Gasteiger charge is -1.96. The summed E-state index contributed by atoms with van der Waals surface area (Å²) in [6, 6.07) is 3.91. The summed E-state index contributed by atoms with van der Waals surface area (Å²) in [4.78, 5) is 15.4. The monoisotopic (exact) mass is 231 g/mol. The Morgan fingerprint density at radius 2 is 2.41 bits per heavy atom. The number of aromatic carboxylic acids is 1. The van der Waals surface area contributed by atoms with Crippen molar-refractivity contribution in [3.8, 4) is 0 Å². The minimum absolute atomic E-state index is 0.241. The first-order valence-electron chi connectivity index (χ1n) is 5.67. The van der Waals surface area contributed by atoms with E-state index in [4.69, 9.17) is 5.11 Å². The topological polar surface area (TPSA) is 66.6 Å². The van der Waals surface area contributed by atoms with Crippen LogP contribution in [0, 0.1) is 0 Å². The number of imidazole rings is 1. The second kappa shape index (κ2) is 3.85. The number of carbonyl (C=O) groups is 1. The number of pyridine rings is 1. The van der Waals surface area contributed by atoms with Gasteiger partial charge >= 0.3 is 5.97 Å². The van der Waals surface area contributed by atoms with E-state index in [1.807, 2.05) is 12.4 Å². The number of nitrogens with one attached hydrogen (secondary N) is 1. The van der Waals surface area contributed by atoms with Crippen molar-refractivity contribution in [1.29, 1.82) is 0 Å². The average Bonchev–Trinajstić information content (AvgIpc) is 3.04. The van der Waals surface area contributed by atoms with Crippen molar-refractivity contribution < 1.29 is 9.90 Å². The first kappa shape index (κ1) is 10.3. The highest BCUT2D eigenvalue weighted by atomic mass is 16.4. The molecule has 5 nitrogen and oxygen atoms in total. The highest BCUT2D eigenvalue weighted by molar-refractivity contribution is 5.94. The molecule has 5 heteroatoms. The van der Waals surface area contributed by atoms with Crippen molar-refractivity contribution in [3.63, 3.8) is 0 Å². The fourth-order valence-corrected chi connectivity index (χ4v) is 1.85. The second-order valence-electron chi connectivity index (χ2n) is 4.35. The van der Waals surface area contributed by atoms with Gasteiger partial charge in [-0.05, 0) is 25.0 Å². The summed E-state index contributed by atoms with van der Waals surface area (Å²) in [5.41, 5.74) is 1.63. The van der Waals surface area contributed by atoms with Crippen LogP contribution in [0.3, 0.4) is 0 Å². The summed E-state index contributed by atoms with van der Waals surface area (Å²) in [5, 5.41) is 12.4. The van der Waals surface area contributed by atoms with Crippen LogP contribution in [0.25, 0.3) is 5.65 Å². The SMILES string of the molecule is O=C(O)c1cccn2cc(CNC3CC3)nc12. The largest absolute Gasteiger partial charge is 0.478 e. The molecule has 88 valence electrons. The molecular formula is C12H13N3O2. The van der Waals surface area contributed by atoms with Crippen LogP contribution in [0.15, 0.2) is 24.5 Å². The number of carboxylic acid groups (broad SMARTS) is 1. The third kappa shape index (κ3) is 2.01. The van der Waals surface area contributed by atoms with E-state index in [1.165, 1.54) is 12.8 Å². The maximum atomic E-state index is 11.0. The molecule has 0 aliphatic heterocycles. The van der Waals surface area contributed by atoms with Crippen LogP contribution in [0.5, 0.6) is 0 Å². The third-order valence-corrected chi connectivity index (χ3v) is 2.91. The number of nitrogens with zero attached hydrogens (tertiary/aromatic N) is 2. The summed E-state index contributed by atoms with van der Waals surface area (Å²) in [6.07, 6.45) is 6.15. The number of hydrogen-bond acceptors (Lipinski definition) is 3. The van der Waals surface area contributed by atoms with E-state index in [9.17, 15) is 4.79 Å². The fraction of sp³-hybridized carbons (Fsp3) is 0.333. The van der Waals surface area contributed by atoms with E-state index in [2.05, 4.69) is 10.3 Å². The summed E-state index contributed by atoms with van der Waals surface area (Å²) >= 11 is 0. The minimum Gasteiger partial charge on any atom is -0.478 e. The Morgan fingerprint density at radius 3 is 3.12 bits per heavy atom. The van der Waals surface area contributed by atoms with Gasteiger partial charge in [-0.1, -0.05) is 0 Å². The van der Waals surface area contributed by atoms with Gasteiger partial charge in [-0.15, -0.1) is 0 Å². The molecule has 0 amide bonds. The van der Waals surface area contributed by atoms with Gasteiger partial charge in [0, 0.05) is 25.0 Å². The molecule has 1 saturated carbocycles. The Kier molecular flexibility index (Phi) is 2.33. The van der Waals surface area contributed by atoms with Gasteiger partial charge < -0.3 is 14.8 Å². The van der Waals surface area contributed by atoms with E-state index in [-0.39, 0.29) is 5.56 Å². The molecule has 0 aromatic carbocycles. The number of hydrogen-bond donors (Lipinski definition) is 2. The van der Waals surface area contributed by atoms with Crippen LogP contribution in [-0.4, -0.2) is 26.5 Å². The molecule has 2 N–H and O–H groups in total. The summed E-state index contributed by atoms with van der Waals surface area (Å²) in [5.74, 6) is -0.942. The molecular weight excluding hydrogens is 218 g/mol. The standard InChI is InChI=1S/C12H13N3O2/c16-12(17)10-2-1-5-15-7-9(14-11(10)15)6-13-8-3-4-8/h1-2,5,7-8,13H,3-4,6H2,(H,16,17). The van der Waals surface area contributed by atoms with Crippen LogP contribution < -0.4 is 5.32 Å². The molecule has 1 fully saturated rings. The molecule has 2 heterocycles. The Morgan fingerprint density at radius 1 is 1.59 bits per heavy atom. The zero-order valence-corrected chi connectivity index (χ0v) is 9.26. The molecule has 1 aliphatic carbocycles.